The summed E-state index contributed by atoms with van der Waals surface area (Å²) in [6.45, 7) is 4.82. The SMILES string of the molecule is C=N/C=C\C(=C/C)NP(=O)(O)O. The summed E-state index contributed by atoms with van der Waals surface area (Å²) in [6.07, 6.45) is 4.25. The fourth-order valence-corrected chi connectivity index (χ4v) is 1.04. The molecule has 0 aromatic rings. The minimum Gasteiger partial charge on any atom is -0.308 e. The minimum absolute atomic E-state index is 0.302. The van der Waals surface area contributed by atoms with Gasteiger partial charge in [-0.25, -0.2) is 4.57 Å². The Labute approximate surface area is 70.7 Å². The number of hydrogen-bond acceptors (Lipinski definition) is 2. The fourth-order valence-electron chi connectivity index (χ4n) is 0.499. The van der Waals surface area contributed by atoms with E-state index in [2.05, 4.69) is 11.7 Å². The first-order valence-corrected chi connectivity index (χ1v) is 4.73. The van der Waals surface area contributed by atoms with E-state index in [1.54, 1.807) is 6.92 Å². The number of rotatable bonds is 4. The molecule has 6 heteroatoms. The molecule has 0 aromatic carbocycles. The lowest BCUT2D eigenvalue weighted by Gasteiger charge is -2.06. The lowest BCUT2D eigenvalue weighted by molar-refractivity contribution is 0.363. The van der Waals surface area contributed by atoms with E-state index in [4.69, 9.17) is 9.79 Å². The zero-order chi connectivity index (χ0) is 9.61. The summed E-state index contributed by atoms with van der Waals surface area (Å²) in [5, 5.41) is 1.99. The van der Waals surface area contributed by atoms with Gasteiger partial charge in [0.15, 0.2) is 0 Å². The van der Waals surface area contributed by atoms with E-state index >= 15 is 0 Å². The summed E-state index contributed by atoms with van der Waals surface area (Å²) in [4.78, 5) is 20.4. The Kier molecular flexibility index (Phi) is 4.51. The van der Waals surface area contributed by atoms with Crippen LogP contribution in [0.5, 0.6) is 0 Å². The van der Waals surface area contributed by atoms with Crippen LogP contribution in [0.15, 0.2) is 29.0 Å². The largest absolute Gasteiger partial charge is 0.427 e. The summed E-state index contributed by atoms with van der Waals surface area (Å²) in [5.41, 5.74) is 0.302. The van der Waals surface area contributed by atoms with Crippen LogP contribution in [0.4, 0.5) is 0 Å². The molecule has 3 N–H and O–H groups in total. The average molecular weight is 190 g/mol. The molecule has 0 saturated heterocycles. The minimum atomic E-state index is -4.21. The van der Waals surface area contributed by atoms with Gasteiger partial charge in [-0.1, -0.05) is 6.08 Å². The first-order valence-electron chi connectivity index (χ1n) is 3.12. The molecule has 0 saturated carbocycles. The van der Waals surface area contributed by atoms with Crippen LogP contribution in [0.25, 0.3) is 0 Å². The van der Waals surface area contributed by atoms with Crippen LogP contribution in [0.2, 0.25) is 0 Å². The van der Waals surface area contributed by atoms with Crippen molar-refractivity contribution >= 4 is 14.5 Å². The number of nitrogens with one attached hydrogen (secondary N) is 1. The van der Waals surface area contributed by atoms with Crippen LogP contribution in [0.1, 0.15) is 6.92 Å². The lowest BCUT2D eigenvalue weighted by atomic mass is 10.4. The third-order valence-electron chi connectivity index (χ3n) is 0.945. The van der Waals surface area contributed by atoms with E-state index in [1.807, 2.05) is 5.09 Å². The van der Waals surface area contributed by atoms with Gasteiger partial charge in [0, 0.05) is 11.9 Å². The van der Waals surface area contributed by atoms with E-state index in [1.165, 1.54) is 18.4 Å². The van der Waals surface area contributed by atoms with Crippen LogP contribution in [0.3, 0.4) is 0 Å². The van der Waals surface area contributed by atoms with Gasteiger partial charge in [0.25, 0.3) is 0 Å². The van der Waals surface area contributed by atoms with Crippen molar-refractivity contribution in [2.75, 3.05) is 0 Å². The predicted octanol–water partition coefficient (Wildman–Crippen LogP) is 0.787. The number of aliphatic imine (C=N–C) groups is 1. The second kappa shape index (κ2) is 4.87. The maximum atomic E-state index is 10.4. The van der Waals surface area contributed by atoms with Crippen LogP contribution in [-0.2, 0) is 4.57 Å². The van der Waals surface area contributed by atoms with E-state index in [0.717, 1.165) is 0 Å². The maximum Gasteiger partial charge on any atom is 0.427 e. The highest BCUT2D eigenvalue weighted by Crippen LogP contribution is 2.30. The number of nitrogens with zero attached hydrogens (tertiary/aromatic N) is 1. The van der Waals surface area contributed by atoms with Crippen molar-refractivity contribution < 1.29 is 14.4 Å². The van der Waals surface area contributed by atoms with Crippen molar-refractivity contribution in [3.8, 4) is 0 Å². The van der Waals surface area contributed by atoms with Gasteiger partial charge < -0.3 is 9.79 Å². The zero-order valence-corrected chi connectivity index (χ0v) is 7.53. The molecule has 0 spiro atoms. The van der Waals surface area contributed by atoms with Crippen molar-refractivity contribution in [1.29, 1.82) is 0 Å². The molecule has 0 unspecified atom stereocenters. The highest BCUT2D eigenvalue weighted by Gasteiger charge is 2.11. The third-order valence-corrected chi connectivity index (χ3v) is 1.49. The highest BCUT2D eigenvalue weighted by molar-refractivity contribution is 7.49. The molecule has 0 aliphatic carbocycles. The van der Waals surface area contributed by atoms with Crippen LogP contribution in [-0.4, -0.2) is 16.5 Å². The molecule has 68 valence electrons. The summed E-state index contributed by atoms with van der Waals surface area (Å²) in [7, 11) is -4.21. The molecule has 0 heterocycles. The van der Waals surface area contributed by atoms with E-state index in [9.17, 15) is 4.57 Å². The lowest BCUT2D eigenvalue weighted by Crippen LogP contribution is -2.06. The molecule has 0 aliphatic rings. The molecule has 12 heavy (non-hydrogen) atoms. The van der Waals surface area contributed by atoms with Crippen molar-refractivity contribution in [2.24, 2.45) is 4.99 Å². The zero-order valence-electron chi connectivity index (χ0n) is 6.64. The van der Waals surface area contributed by atoms with Gasteiger partial charge in [0.1, 0.15) is 0 Å². The molecule has 0 fully saturated rings. The van der Waals surface area contributed by atoms with Crippen molar-refractivity contribution in [3.63, 3.8) is 0 Å². The average Bonchev–Trinajstić information content (AvgIpc) is 1.95. The Morgan fingerprint density at radius 1 is 1.67 bits per heavy atom. The van der Waals surface area contributed by atoms with Gasteiger partial charge in [-0.2, -0.15) is 0 Å². The third kappa shape index (κ3) is 5.85. The molecule has 0 amide bonds. The Hall–Kier alpha value is -0.900. The van der Waals surface area contributed by atoms with E-state index < -0.39 is 7.75 Å². The molecule has 0 rings (SSSR count). The van der Waals surface area contributed by atoms with E-state index in [0.29, 0.717) is 5.70 Å². The quantitative estimate of drug-likeness (QED) is 0.347. The highest BCUT2D eigenvalue weighted by atomic mass is 31.2. The summed E-state index contributed by atoms with van der Waals surface area (Å²) >= 11 is 0. The second-order valence-electron chi connectivity index (χ2n) is 1.90. The molecule has 0 atom stereocenters. The Morgan fingerprint density at radius 2 is 2.25 bits per heavy atom. The predicted molar refractivity (Wildman–Crippen MR) is 47.6 cm³/mol. The van der Waals surface area contributed by atoms with Crippen LogP contribution >= 0.6 is 7.75 Å². The number of hydrogen-bond donors (Lipinski definition) is 3. The Balaban J connectivity index is 4.31. The smallest absolute Gasteiger partial charge is 0.308 e. The monoisotopic (exact) mass is 190 g/mol. The van der Waals surface area contributed by atoms with E-state index in [-0.39, 0.29) is 0 Å². The fraction of sp³-hybridized carbons (Fsp3) is 0.167. The van der Waals surface area contributed by atoms with Crippen LogP contribution in [0, 0.1) is 0 Å². The summed E-state index contributed by atoms with van der Waals surface area (Å²) in [5.74, 6) is 0. The summed E-state index contributed by atoms with van der Waals surface area (Å²) < 4.78 is 10.4. The Morgan fingerprint density at radius 3 is 2.58 bits per heavy atom. The van der Waals surface area contributed by atoms with Gasteiger partial charge in [0.2, 0.25) is 0 Å². The molecule has 0 bridgehead atoms. The second-order valence-corrected chi connectivity index (χ2v) is 3.21. The van der Waals surface area contributed by atoms with Crippen molar-refractivity contribution in [1.82, 2.24) is 5.09 Å². The molecular formula is C6H11N2O3P. The van der Waals surface area contributed by atoms with Gasteiger partial charge >= 0.3 is 7.75 Å². The molecule has 0 aromatic heterocycles. The topological polar surface area (TPSA) is 81.9 Å². The van der Waals surface area contributed by atoms with Gasteiger partial charge in [-0.15, -0.1) is 0 Å². The van der Waals surface area contributed by atoms with Crippen molar-refractivity contribution in [2.45, 2.75) is 6.92 Å². The Bertz CT molecular complexity index is 254. The standard InChI is InChI=1S/C6H11N2O3P/c1-3-6(4-5-7-2)8-12(9,10)11/h3-5H,2H2,1H3,(H3,8,9,10,11)/b5-4-,6-3+. The molecular weight excluding hydrogens is 179 g/mol. The van der Waals surface area contributed by atoms with Crippen LogP contribution < -0.4 is 5.09 Å². The normalized spacial score (nSPS) is 13.4. The summed E-state index contributed by atoms with van der Waals surface area (Å²) in [6, 6.07) is 0. The first-order chi connectivity index (χ1) is 5.49. The number of allylic oxidation sites excluding steroid dienone is 2. The molecule has 0 aliphatic heterocycles. The van der Waals surface area contributed by atoms with Gasteiger partial charge in [-0.3, -0.25) is 10.1 Å². The molecule has 0 radical (unpaired) electrons. The first kappa shape index (κ1) is 11.1. The maximum absolute atomic E-state index is 10.4. The van der Waals surface area contributed by atoms with Gasteiger partial charge in [0.05, 0.1) is 0 Å². The van der Waals surface area contributed by atoms with Crippen molar-refractivity contribution in [3.05, 3.63) is 24.0 Å². The van der Waals surface area contributed by atoms with Gasteiger partial charge in [-0.05, 0) is 19.7 Å². The molecule has 5 nitrogen and oxygen atoms in total.